The fourth-order valence-corrected chi connectivity index (χ4v) is 4.51. The first-order valence-electron chi connectivity index (χ1n) is 9.00. The van der Waals surface area contributed by atoms with Crippen LogP contribution in [-0.2, 0) is 0 Å². The Hall–Kier alpha value is 1.09. The number of rotatable bonds is 16. The summed E-state index contributed by atoms with van der Waals surface area (Å²) in [6, 6.07) is 1.06. The Morgan fingerprint density at radius 3 is 1.10 bits per heavy atom. The van der Waals surface area contributed by atoms with E-state index in [1.807, 2.05) is 6.55 Å². The van der Waals surface area contributed by atoms with Gasteiger partial charge in [-0.3, -0.25) is 0 Å². The molecule has 0 saturated carbocycles. The Labute approximate surface area is 148 Å². The molecule has 0 bridgehead atoms. The van der Waals surface area contributed by atoms with Gasteiger partial charge in [-0.15, -0.1) is 33.8 Å². The molecule has 0 aliphatic carbocycles. The van der Waals surface area contributed by atoms with Crippen molar-refractivity contribution in [2.75, 3.05) is 5.88 Å². The van der Waals surface area contributed by atoms with E-state index in [0.717, 1.165) is 11.9 Å². The minimum Gasteiger partial charge on any atom is -0.146 e. The molecule has 0 spiro atoms. The molecule has 0 amide bonds. The summed E-state index contributed by atoms with van der Waals surface area (Å²) in [6.45, 7) is 0.198. The summed E-state index contributed by atoms with van der Waals surface area (Å²) in [5.41, 5.74) is 0. The maximum Gasteiger partial charge on any atom is 0.248 e. The van der Waals surface area contributed by atoms with Gasteiger partial charge >= 0.3 is 0 Å². The summed E-state index contributed by atoms with van der Waals surface area (Å²) >= 11 is 17.8. The topological polar surface area (TPSA) is 0 Å². The van der Waals surface area contributed by atoms with Gasteiger partial charge in [-0.2, -0.15) is 0 Å². The first-order chi connectivity index (χ1) is 10.1. The van der Waals surface area contributed by atoms with Gasteiger partial charge in [0.25, 0.3) is 0 Å². The van der Waals surface area contributed by atoms with Crippen LogP contribution in [0.5, 0.6) is 0 Å². The van der Waals surface area contributed by atoms with E-state index in [4.69, 9.17) is 33.8 Å². The van der Waals surface area contributed by atoms with E-state index in [-0.39, 0.29) is 0 Å². The van der Waals surface area contributed by atoms with E-state index >= 15 is 0 Å². The molecular weight excluding hydrogens is 339 g/mol. The number of halogens is 3. The summed E-state index contributed by atoms with van der Waals surface area (Å²) in [4.78, 5) is 0. The summed E-state index contributed by atoms with van der Waals surface area (Å²) in [5.74, 6) is 0.832. The molecule has 128 valence electrons. The Morgan fingerprint density at radius 1 is 0.524 bits per heavy atom. The normalized spacial score (nSPS) is 12.0. The third-order valence-electron chi connectivity index (χ3n) is 4.00. The van der Waals surface area contributed by atoms with E-state index in [1.165, 1.54) is 89.9 Å². The SMILES string of the molecule is C[Si](Cl)(Cl)CCCCCCCCCCCCCCCCCl. The van der Waals surface area contributed by atoms with Crippen molar-refractivity contribution in [3.05, 3.63) is 0 Å². The third kappa shape index (κ3) is 21.1. The Kier molecular flexibility index (Phi) is 16.8. The van der Waals surface area contributed by atoms with E-state index in [0.29, 0.717) is 0 Å². The van der Waals surface area contributed by atoms with Gasteiger partial charge in [0.1, 0.15) is 0 Å². The predicted molar refractivity (Wildman–Crippen MR) is 103 cm³/mol. The Bertz CT molecular complexity index is 205. The number of hydrogen-bond acceptors (Lipinski definition) is 0. The van der Waals surface area contributed by atoms with Crippen LogP contribution in [0.1, 0.15) is 89.9 Å². The van der Waals surface area contributed by atoms with Crippen molar-refractivity contribution in [2.45, 2.75) is 102 Å². The van der Waals surface area contributed by atoms with Crippen LogP contribution < -0.4 is 0 Å². The number of unbranched alkanes of at least 4 members (excludes halogenated alkanes) is 13. The highest BCUT2D eigenvalue weighted by Gasteiger charge is 2.19. The molecule has 21 heavy (non-hydrogen) atoms. The van der Waals surface area contributed by atoms with Crippen molar-refractivity contribution in [1.82, 2.24) is 0 Å². The molecule has 0 aliphatic rings. The predicted octanol–water partition coefficient (Wildman–Crippen LogP) is 8.24. The van der Waals surface area contributed by atoms with Crippen molar-refractivity contribution in [1.29, 1.82) is 0 Å². The lowest BCUT2D eigenvalue weighted by Gasteiger charge is -2.09. The standard InChI is InChI=1S/C17H35Cl3Si/c1-21(19,20)17-15-13-11-9-7-5-3-2-4-6-8-10-12-14-16-18/h2-17H2,1H3. The van der Waals surface area contributed by atoms with Crippen LogP contribution in [0, 0.1) is 0 Å². The molecular formula is C17H35Cl3Si. The fourth-order valence-electron chi connectivity index (χ4n) is 2.65. The monoisotopic (exact) mass is 372 g/mol. The summed E-state index contributed by atoms with van der Waals surface area (Å²) in [5, 5.41) is 0. The molecule has 0 N–H and O–H groups in total. The van der Waals surface area contributed by atoms with E-state index in [9.17, 15) is 0 Å². The summed E-state index contributed by atoms with van der Waals surface area (Å²) in [7, 11) is 0. The van der Waals surface area contributed by atoms with Gasteiger partial charge < -0.3 is 0 Å². The lowest BCUT2D eigenvalue weighted by atomic mass is 10.0. The molecule has 0 atom stereocenters. The van der Waals surface area contributed by atoms with Crippen LogP contribution in [0.4, 0.5) is 0 Å². The van der Waals surface area contributed by atoms with Crippen LogP contribution in [-0.4, -0.2) is 12.6 Å². The highest BCUT2D eigenvalue weighted by atomic mass is 35.7. The smallest absolute Gasteiger partial charge is 0.146 e. The third-order valence-corrected chi connectivity index (χ3v) is 6.63. The van der Waals surface area contributed by atoms with Crippen LogP contribution in [0.25, 0.3) is 0 Å². The van der Waals surface area contributed by atoms with Gasteiger partial charge in [0.15, 0.2) is 0 Å². The minimum absolute atomic E-state index is 0.832. The zero-order valence-corrected chi connectivity index (χ0v) is 17.2. The van der Waals surface area contributed by atoms with Crippen molar-refractivity contribution in [3.8, 4) is 0 Å². The summed E-state index contributed by atoms with van der Waals surface area (Å²) in [6.07, 6.45) is 19.1. The minimum atomic E-state index is -1.82. The second kappa shape index (κ2) is 16.0. The lowest BCUT2D eigenvalue weighted by molar-refractivity contribution is 0.538. The van der Waals surface area contributed by atoms with E-state index in [2.05, 4.69) is 0 Å². The molecule has 0 nitrogen and oxygen atoms in total. The average Bonchev–Trinajstić information content (AvgIpc) is 2.42. The molecule has 0 saturated heterocycles. The molecule has 0 aromatic rings. The molecule has 0 fully saturated rings. The quantitative estimate of drug-likeness (QED) is 0.110. The van der Waals surface area contributed by atoms with E-state index < -0.39 is 6.69 Å². The molecule has 0 aromatic carbocycles. The zero-order chi connectivity index (χ0) is 15.8. The molecule has 4 heteroatoms. The number of alkyl halides is 1. The Balaban J connectivity index is 3.00. The van der Waals surface area contributed by atoms with Crippen molar-refractivity contribution < 1.29 is 0 Å². The van der Waals surface area contributed by atoms with Crippen LogP contribution in [0.15, 0.2) is 0 Å². The first kappa shape index (κ1) is 22.1. The summed E-state index contributed by atoms with van der Waals surface area (Å²) < 4.78 is 0. The van der Waals surface area contributed by atoms with Gasteiger partial charge in [-0.1, -0.05) is 83.5 Å². The first-order valence-corrected chi connectivity index (χ1v) is 14.3. The lowest BCUT2D eigenvalue weighted by Crippen LogP contribution is -2.11. The van der Waals surface area contributed by atoms with Gasteiger partial charge in [-0.05, 0) is 19.0 Å². The second-order valence-corrected chi connectivity index (χ2v) is 15.1. The van der Waals surface area contributed by atoms with Gasteiger partial charge in [0.05, 0.1) is 0 Å². The highest BCUT2D eigenvalue weighted by Crippen LogP contribution is 2.23. The largest absolute Gasteiger partial charge is 0.248 e. The average molecular weight is 374 g/mol. The van der Waals surface area contributed by atoms with Crippen molar-refractivity contribution in [3.63, 3.8) is 0 Å². The fraction of sp³-hybridized carbons (Fsp3) is 1.00. The van der Waals surface area contributed by atoms with Gasteiger partial charge in [0.2, 0.25) is 6.69 Å². The molecule has 0 aromatic heterocycles. The molecule has 0 aliphatic heterocycles. The molecule has 0 radical (unpaired) electrons. The van der Waals surface area contributed by atoms with Crippen LogP contribution in [0.3, 0.4) is 0 Å². The molecule has 0 unspecified atom stereocenters. The van der Waals surface area contributed by atoms with Gasteiger partial charge in [-0.25, -0.2) is 0 Å². The Morgan fingerprint density at radius 2 is 0.810 bits per heavy atom. The number of hydrogen-bond donors (Lipinski definition) is 0. The molecule has 0 rings (SSSR count). The van der Waals surface area contributed by atoms with E-state index in [1.54, 1.807) is 0 Å². The van der Waals surface area contributed by atoms with Gasteiger partial charge in [0, 0.05) is 5.88 Å². The van der Waals surface area contributed by atoms with Crippen LogP contribution >= 0.6 is 33.8 Å². The zero-order valence-electron chi connectivity index (χ0n) is 13.9. The van der Waals surface area contributed by atoms with Crippen molar-refractivity contribution >= 4 is 40.5 Å². The maximum atomic E-state index is 6.09. The van der Waals surface area contributed by atoms with Crippen molar-refractivity contribution in [2.24, 2.45) is 0 Å². The van der Waals surface area contributed by atoms with Crippen LogP contribution in [0.2, 0.25) is 12.6 Å². The highest BCUT2D eigenvalue weighted by molar-refractivity contribution is 7.44. The molecule has 0 heterocycles. The maximum absolute atomic E-state index is 6.09. The second-order valence-electron chi connectivity index (χ2n) is 6.46.